The summed E-state index contributed by atoms with van der Waals surface area (Å²) in [4.78, 5) is 25.2. The van der Waals surface area contributed by atoms with Gasteiger partial charge in [0.15, 0.2) is 0 Å². The summed E-state index contributed by atoms with van der Waals surface area (Å²) in [5, 5.41) is 12.4. The van der Waals surface area contributed by atoms with Crippen LogP contribution in [-0.4, -0.2) is 48.2 Å². The Hall–Kier alpha value is -2.61. The van der Waals surface area contributed by atoms with E-state index in [0.717, 1.165) is 33.2 Å². The van der Waals surface area contributed by atoms with Gasteiger partial charge in [0.05, 0.1) is 13.2 Å². The van der Waals surface area contributed by atoms with E-state index >= 15 is 0 Å². The summed E-state index contributed by atoms with van der Waals surface area (Å²) in [7, 11) is 0. The maximum atomic E-state index is 13.4. The van der Waals surface area contributed by atoms with Gasteiger partial charge in [0.25, 0.3) is 5.91 Å². The van der Waals surface area contributed by atoms with E-state index in [1.54, 1.807) is 23.9 Å². The summed E-state index contributed by atoms with van der Waals surface area (Å²) in [5.41, 5.74) is 5.23. The molecule has 1 unspecified atom stereocenters. The fraction of sp³-hybridized carbons (Fsp3) is 0.333. The highest BCUT2D eigenvalue weighted by atomic mass is 79.9. The minimum absolute atomic E-state index is 0.353. The predicted octanol–water partition coefficient (Wildman–Crippen LogP) is 6.62. The molecule has 0 aliphatic carbocycles. The van der Waals surface area contributed by atoms with E-state index in [-0.39, 0.29) is 0 Å². The summed E-state index contributed by atoms with van der Waals surface area (Å²) >= 11 is 5.04. The lowest BCUT2D eigenvalue weighted by Crippen LogP contribution is -2.41. The van der Waals surface area contributed by atoms with Crippen molar-refractivity contribution >= 4 is 45.1 Å². The maximum Gasteiger partial charge on any atom is 0.326 e. The molecule has 0 aliphatic rings. The van der Waals surface area contributed by atoms with Gasteiger partial charge >= 0.3 is 5.97 Å². The second kappa shape index (κ2) is 16.3. The number of amides is 1. The van der Waals surface area contributed by atoms with Crippen LogP contribution in [0.1, 0.15) is 37.0 Å². The number of benzene rings is 2. The van der Waals surface area contributed by atoms with E-state index < -0.39 is 17.9 Å². The summed E-state index contributed by atoms with van der Waals surface area (Å²) in [5.74, 6) is -0.810. The summed E-state index contributed by atoms with van der Waals surface area (Å²) in [6.07, 6.45) is 8.56. The normalized spacial score (nSPS) is 13.4. The molecule has 1 amide bonds. The first-order valence-corrected chi connectivity index (χ1v) is 14.4. The number of carbonyl (C=O) groups excluding carboxylic acids is 1. The number of hydrogen-bond donors (Lipinski definition) is 2. The van der Waals surface area contributed by atoms with Crippen LogP contribution in [0.2, 0.25) is 0 Å². The van der Waals surface area contributed by atoms with E-state index in [1.165, 1.54) is 5.56 Å². The van der Waals surface area contributed by atoms with Crippen molar-refractivity contribution in [1.82, 2.24) is 5.32 Å². The number of carboxylic acid groups (broad SMARTS) is 1. The Kier molecular flexibility index (Phi) is 13.5. The predicted molar refractivity (Wildman–Crippen MR) is 158 cm³/mol. The Morgan fingerprint density at radius 1 is 1.19 bits per heavy atom. The van der Waals surface area contributed by atoms with Crippen LogP contribution in [-0.2, 0) is 20.7 Å². The lowest BCUT2D eigenvalue weighted by molar-refractivity contribution is -0.141. The third kappa shape index (κ3) is 10.3. The number of nitrogens with one attached hydrogen (secondary N) is 1. The number of thioether (sulfide) groups is 1. The minimum atomic E-state index is -1.04. The summed E-state index contributed by atoms with van der Waals surface area (Å²) in [6, 6.07) is 15.1. The van der Waals surface area contributed by atoms with Crippen LogP contribution in [0.5, 0.6) is 0 Å². The molecule has 2 N–H and O–H groups in total. The second-order valence-corrected chi connectivity index (χ2v) is 10.6. The number of aryl methyl sites for hydroxylation is 1. The Labute approximate surface area is 233 Å². The van der Waals surface area contributed by atoms with Crippen molar-refractivity contribution < 1.29 is 19.4 Å². The van der Waals surface area contributed by atoms with Crippen molar-refractivity contribution in [3.05, 3.63) is 99.1 Å². The average molecular weight is 587 g/mol. The van der Waals surface area contributed by atoms with Gasteiger partial charge in [-0.2, -0.15) is 11.8 Å². The monoisotopic (exact) mass is 585 g/mol. The number of hydrogen-bond acceptors (Lipinski definition) is 4. The van der Waals surface area contributed by atoms with Crippen LogP contribution in [0.4, 0.5) is 0 Å². The molecule has 0 saturated carbocycles. The molecule has 198 valence electrons. The molecule has 0 heterocycles. The molecule has 1 atom stereocenters. The zero-order valence-corrected chi connectivity index (χ0v) is 24.3. The average Bonchev–Trinajstić information content (AvgIpc) is 2.86. The number of rotatable bonds is 14. The smallest absolute Gasteiger partial charge is 0.326 e. The number of aliphatic carboxylic acids is 1. The molecule has 0 fully saturated rings. The van der Waals surface area contributed by atoms with Crippen molar-refractivity contribution in [3.8, 4) is 0 Å². The van der Waals surface area contributed by atoms with Gasteiger partial charge in [-0.25, -0.2) is 4.79 Å². The van der Waals surface area contributed by atoms with Gasteiger partial charge in [-0.15, -0.1) is 0 Å². The SMILES string of the molecule is C\C=C/C(C(=O)NC(CCSC)C(=O)O)=C(\C=C(/C)COCCc1cccc(Br)c1)c1ccccc1C. The number of halogens is 1. The maximum absolute atomic E-state index is 13.4. The topological polar surface area (TPSA) is 75.6 Å². The van der Waals surface area contributed by atoms with Crippen LogP contribution in [0.15, 0.2) is 82.4 Å². The van der Waals surface area contributed by atoms with Crippen molar-refractivity contribution in [3.63, 3.8) is 0 Å². The van der Waals surface area contributed by atoms with Gasteiger partial charge in [0.2, 0.25) is 0 Å². The quantitative estimate of drug-likeness (QED) is 0.148. The standard InChI is InChI=1S/C30H36BrNO4S/c1-5-9-26(29(33)32-28(30(34)35)15-17-37-4)27(25-13-7-6-10-22(25)3)18-21(2)20-36-16-14-23-11-8-12-24(31)19-23/h5-13,18-19,28H,14-17,20H2,1-4H3,(H,32,33)(H,34,35)/b9-5-,21-18+,27-26-. The van der Waals surface area contributed by atoms with Crippen LogP contribution in [0.25, 0.3) is 5.57 Å². The molecule has 0 saturated heterocycles. The van der Waals surface area contributed by atoms with Crippen LogP contribution in [0, 0.1) is 6.92 Å². The number of ether oxygens (including phenoxy) is 1. The summed E-state index contributed by atoms with van der Waals surface area (Å²) in [6.45, 7) is 6.80. The van der Waals surface area contributed by atoms with Gasteiger partial charge in [0.1, 0.15) is 6.04 Å². The zero-order chi connectivity index (χ0) is 27.2. The molecule has 37 heavy (non-hydrogen) atoms. The van der Waals surface area contributed by atoms with Gasteiger partial charge in [-0.3, -0.25) is 4.79 Å². The van der Waals surface area contributed by atoms with E-state index in [2.05, 4.69) is 33.4 Å². The number of carboxylic acids is 1. The molecule has 0 spiro atoms. The van der Waals surface area contributed by atoms with Gasteiger partial charge in [-0.05, 0) is 85.6 Å². The van der Waals surface area contributed by atoms with Crippen LogP contribution < -0.4 is 5.32 Å². The lowest BCUT2D eigenvalue weighted by Gasteiger charge is -2.18. The largest absolute Gasteiger partial charge is 0.480 e. The highest BCUT2D eigenvalue weighted by Gasteiger charge is 2.22. The van der Waals surface area contributed by atoms with Crippen molar-refractivity contribution in [2.24, 2.45) is 0 Å². The lowest BCUT2D eigenvalue weighted by atomic mass is 9.93. The Morgan fingerprint density at radius 3 is 2.59 bits per heavy atom. The Balaban J connectivity index is 2.33. The summed E-state index contributed by atoms with van der Waals surface area (Å²) < 4.78 is 6.99. The molecule has 0 aromatic heterocycles. The molecule has 0 radical (unpaired) electrons. The molecule has 2 aromatic carbocycles. The fourth-order valence-electron chi connectivity index (χ4n) is 3.76. The minimum Gasteiger partial charge on any atom is -0.480 e. The molecule has 2 aromatic rings. The van der Waals surface area contributed by atoms with E-state index in [9.17, 15) is 14.7 Å². The number of allylic oxidation sites excluding steroid dienone is 3. The molecule has 5 nitrogen and oxygen atoms in total. The number of carbonyl (C=O) groups is 2. The third-order valence-corrected chi connectivity index (χ3v) is 6.80. The molecule has 7 heteroatoms. The van der Waals surface area contributed by atoms with Crippen molar-refractivity contribution in [2.75, 3.05) is 25.2 Å². The molecule has 0 aliphatic heterocycles. The van der Waals surface area contributed by atoms with Crippen LogP contribution >= 0.6 is 27.7 Å². The fourth-order valence-corrected chi connectivity index (χ4v) is 4.68. The van der Waals surface area contributed by atoms with Gasteiger partial charge < -0.3 is 15.2 Å². The first-order valence-electron chi connectivity index (χ1n) is 12.2. The Morgan fingerprint density at radius 2 is 1.95 bits per heavy atom. The van der Waals surface area contributed by atoms with Gasteiger partial charge in [0, 0.05) is 10.0 Å². The van der Waals surface area contributed by atoms with E-state index in [1.807, 2.05) is 69.5 Å². The Bertz CT molecular complexity index is 1160. The molecule has 0 bridgehead atoms. The highest BCUT2D eigenvalue weighted by molar-refractivity contribution is 9.10. The first kappa shape index (κ1) is 30.6. The molecular weight excluding hydrogens is 550 g/mol. The van der Waals surface area contributed by atoms with E-state index in [0.29, 0.717) is 31.0 Å². The van der Waals surface area contributed by atoms with Crippen LogP contribution in [0.3, 0.4) is 0 Å². The second-order valence-electron chi connectivity index (χ2n) is 8.71. The molecular formula is C30H36BrNO4S. The van der Waals surface area contributed by atoms with E-state index in [4.69, 9.17) is 4.74 Å². The van der Waals surface area contributed by atoms with Crippen molar-refractivity contribution in [2.45, 2.75) is 39.7 Å². The van der Waals surface area contributed by atoms with Crippen molar-refractivity contribution in [1.29, 1.82) is 0 Å². The zero-order valence-electron chi connectivity index (χ0n) is 21.9. The first-order chi connectivity index (χ1) is 17.8. The van der Waals surface area contributed by atoms with Gasteiger partial charge in [-0.1, -0.05) is 70.6 Å². The molecule has 2 rings (SSSR count). The third-order valence-electron chi connectivity index (χ3n) is 5.66. The highest BCUT2D eigenvalue weighted by Crippen LogP contribution is 2.26.